The van der Waals surface area contributed by atoms with Crippen LogP contribution in [0.3, 0.4) is 0 Å². The SMILES string of the molecule is Cc1nc(C(C)C)sc1[C@H](C)N(C)C(=O)[C@@H]1OCC[C@@H]1C. The van der Waals surface area contributed by atoms with Crippen molar-refractivity contribution in [3.63, 3.8) is 0 Å². The summed E-state index contributed by atoms with van der Waals surface area (Å²) in [7, 11) is 1.87. The summed E-state index contributed by atoms with van der Waals surface area (Å²) in [5.41, 5.74) is 1.04. The van der Waals surface area contributed by atoms with Crippen molar-refractivity contribution < 1.29 is 9.53 Å². The third kappa shape index (κ3) is 3.29. The standard InChI is InChI=1S/C16H26N2O2S/c1-9(2)15-17-11(4)14(21-15)12(5)18(6)16(19)13-10(3)7-8-20-13/h9-10,12-13H,7-8H2,1-6H3/t10-,12-,13+/m0/s1. The smallest absolute Gasteiger partial charge is 0.252 e. The number of hydrogen-bond donors (Lipinski definition) is 0. The fourth-order valence-corrected chi connectivity index (χ4v) is 3.81. The highest BCUT2D eigenvalue weighted by atomic mass is 32.1. The Hall–Kier alpha value is -0.940. The van der Waals surface area contributed by atoms with Crippen molar-refractivity contribution in [3.05, 3.63) is 15.6 Å². The lowest BCUT2D eigenvalue weighted by Crippen LogP contribution is -2.40. The Morgan fingerprint density at radius 2 is 2.10 bits per heavy atom. The van der Waals surface area contributed by atoms with Gasteiger partial charge in [0.1, 0.15) is 6.10 Å². The Balaban J connectivity index is 2.15. The highest BCUT2D eigenvalue weighted by Gasteiger charge is 2.35. The van der Waals surface area contributed by atoms with Crippen LogP contribution in [0, 0.1) is 12.8 Å². The molecule has 1 aromatic heterocycles. The minimum atomic E-state index is -0.282. The van der Waals surface area contributed by atoms with Gasteiger partial charge in [0.15, 0.2) is 0 Å². The summed E-state index contributed by atoms with van der Waals surface area (Å²) < 4.78 is 5.60. The van der Waals surface area contributed by atoms with E-state index in [1.807, 2.05) is 18.9 Å². The maximum Gasteiger partial charge on any atom is 0.252 e. The lowest BCUT2D eigenvalue weighted by Gasteiger charge is -2.28. The highest BCUT2D eigenvalue weighted by molar-refractivity contribution is 7.11. The maximum absolute atomic E-state index is 12.6. The summed E-state index contributed by atoms with van der Waals surface area (Å²) in [5, 5.41) is 1.14. The van der Waals surface area contributed by atoms with Crippen LogP contribution in [0.5, 0.6) is 0 Å². The lowest BCUT2D eigenvalue weighted by molar-refractivity contribution is -0.143. The predicted molar refractivity (Wildman–Crippen MR) is 85.6 cm³/mol. The molecule has 5 heteroatoms. The fourth-order valence-electron chi connectivity index (χ4n) is 2.64. The van der Waals surface area contributed by atoms with Crippen LogP contribution in [0.1, 0.15) is 61.7 Å². The van der Waals surface area contributed by atoms with Crippen LogP contribution < -0.4 is 0 Å². The van der Waals surface area contributed by atoms with Crippen molar-refractivity contribution in [1.29, 1.82) is 0 Å². The number of aryl methyl sites for hydroxylation is 1. The quantitative estimate of drug-likeness (QED) is 0.854. The first-order valence-corrected chi connectivity index (χ1v) is 8.50. The number of aromatic nitrogens is 1. The average Bonchev–Trinajstić information content (AvgIpc) is 3.02. The predicted octanol–water partition coefficient (Wildman–Crippen LogP) is 3.52. The molecule has 2 heterocycles. The van der Waals surface area contributed by atoms with Gasteiger partial charge in [-0.3, -0.25) is 4.79 Å². The Morgan fingerprint density at radius 1 is 1.43 bits per heavy atom. The molecule has 0 unspecified atom stereocenters. The molecule has 0 radical (unpaired) electrons. The molecule has 3 atom stereocenters. The number of carbonyl (C=O) groups is 1. The van der Waals surface area contributed by atoms with Crippen LogP contribution in [0.2, 0.25) is 0 Å². The first-order valence-electron chi connectivity index (χ1n) is 7.68. The zero-order valence-electron chi connectivity index (χ0n) is 13.8. The van der Waals surface area contributed by atoms with Crippen molar-refractivity contribution in [2.75, 3.05) is 13.7 Å². The molecule has 0 spiro atoms. The van der Waals surface area contributed by atoms with Crippen molar-refractivity contribution in [1.82, 2.24) is 9.88 Å². The van der Waals surface area contributed by atoms with Gasteiger partial charge in [0.2, 0.25) is 0 Å². The summed E-state index contributed by atoms with van der Waals surface area (Å²) in [6.45, 7) is 11.2. The van der Waals surface area contributed by atoms with E-state index in [9.17, 15) is 4.79 Å². The Bertz CT molecular complexity index is 512. The zero-order chi connectivity index (χ0) is 15.7. The maximum atomic E-state index is 12.6. The zero-order valence-corrected chi connectivity index (χ0v) is 14.7. The van der Waals surface area contributed by atoms with Crippen LogP contribution in [0.15, 0.2) is 0 Å². The summed E-state index contributed by atoms with van der Waals surface area (Å²) in [6, 6.07) is 0.0406. The molecule has 2 rings (SSSR count). The number of carbonyl (C=O) groups excluding carboxylic acids is 1. The van der Waals surface area contributed by atoms with Crippen molar-refractivity contribution in [3.8, 4) is 0 Å². The summed E-state index contributed by atoms with van der Waals surface area (Å²) >= 11 is 1.72. The van der Waals surface area contributed by atoms with E-state index in [0.717, 1.165) is 17.1 Å². The van der Waals surface area contributed by atoms with Crippen molar-refractivity contribution in [2.45, 2.75) is 59.1 Å². The second-order valence-electron chi connectivity index (χ2n) is 6.34. The monoisotopic (exact) mass is 310 g/mol. The van der Waals surface area contributed by atoms with Gasteiger partial charge in [-0.25, -0.2) is 4.98 Å². The third-order valence-corrected chi connectivity index (χ3v) is 5.91. The molecule has 1 fully saturated rings. The third-order valence-electron chi connectivity index (χ3n) is 4.28. The van der Waals surface area contributed by atoms with E-state index in [1.165, 1.54) is 4.88 Å². The molecule has 0 aromatic carbocycles. The van der Waals surface area contributed by atoms with E-state index >= 15 is 0 Å². The van der Waals surface area contributed by atoms with E-state index in [0.29, 0.717) is 18.4 Å². The van der Waals surface area contributed by atoms with Gasteiger partial charge < -0.3 is 9.64 Å². The van der Waals surface area contributed by atoms with E-state index in [4.69, 9.17) is 4.74 Å². The average molecular weight is 310 g/mol. The van der Waals surface area contributed by atoms with Crippen LogP contribution in [0.4, 0.5) is 0 Å². The van der Waals surface area contributed by atoms with Crippen molar-refractivity contribution >= 4 is 17.2 Å². The second-order valence-corrected chi connectivity index (χ2v) is 7.40. The number of nitrogens with zero attached hydrogens (tertiary/aromatic N) is 2. The molecule has 0 N–H and O–H groups in total. The van der Waals surface area contributed by atoms with Gasteiger partial charge >= 0.3 is 0 Å². The molecule has 1 aromatic rings. The van der Waals surface area contributed by atoms with Crippen molar-refractivity contribution in [2.24, 2.45) is 5.92 Å². The van der Waals surface area contributed by atoms with Gasteiger partial charge in [-0.05, 0) is 26.2 Å². The largest absolute Gasteiger partial charge is 0.368 e. The Kier molecular flexibility index (Phi) is 5.04. The van der Waals surface area contributed by atoms with Gasteiger partial charge in [-0.2, -0.15) is 0 Å². The number of rotatable bonds is 4. The lowest BCUT2D eigenvalue weighted by atomic mass is 10.0. The molecular formula is C16H26N2O2S. The summed E-state index contributed by atoms with van der Waals surface area (Å²) in [4.78, 5) is 20.2. The molecule has 4 nitrogen and oxygen atoms in total. The number of thiazole rings is 1. The molecule has 0 saturated carbocycles. The van der Waals surface area contributed by atoms with E-state index in [-0.39, 0.29) is 18.1 Å². The van der Waals surface area contributed by atoms with E-state index < -0.39 is 0 Å². The van der Waals surface area contributed by atoms with Crippen LogP contribution in [-0.4, -0.2) is 35.5 Å². The highest BCUT2D eigenvalue weighted by Crippen LogP contribution is 2.33. The van der Waals surface area contributed by atoms with Gasteiger partial charge in [0.25, 0.3) is 5.91 Å². The normalized spacial score (nSPS) is 23.6. The summed E-state index contributed by atoms with van der Waals surface area (Å²) in [6.07, 6.45) is 0.686. The number of likely N-dealkylation sites (N-methyl/N-ethyl adjacent to an activating group) is 1. The molecule has 0 bridgehead atoms. The van der Waals surface area contributed by atoms with Gasteiger partial charge in [-0.1, -0.05) is 20.8 Å². The molecular weight excluding hydrogens is 284 g/mol. The minimum Gasteiger partial charge on any atom is -0.368 e. The first kappa shape index (κ1) is 16.4. The van der Waals surface area contributed by atoms with Gasteiger partial charge in [-0.15, -0.1) is 11.3 Å². The van der Waals surface area contributed by atoms with E-state index in [2.05, 4.69) is 32.7 Å². The van der Waals surface area contributed by atoms with Crippen LogP contribution >= 0.6 is 11.3 Å². The molecule has 0 aliphatic carbocycles. The molecule has 118 valence electrons. The molecule has 21 heavy (non-hydrogen) atoms. The molecule has 1 amide bonds. The fraction of sp³-hybridized carbons (Fsp3) is 0.750. The number of amides is 1. The van der Waals surface area contributed by atoms with Crippen LogP contribution in [-0.2, 0) is 9.53 Å². The van der Waals surface area contributed by atoms with Gasteiger partial charge in [0, 0.05) is 24.4 Å². The topological polar surface area (TPSA) is 42.4 Å². The number of ether oxygens (including phenoxy) is 1. The molecule has 1 aliphatic heterocycles. The summed E-state index contributed by atoms with van der Waals surface area (Å²) in [5.74, 6) is 0.821. The minimum absolute atomic E-state index is 0.0406. The van der Waals surface area contributed by atoms with Gasteiger partial charge in [0.05, 0.1) is 16.7 Å². The van der Waals surface area contributed by atoms with Crippen LogP contribution in [0.25, 0.3) is 0 Å². The number of hydrogen-bond acceptors (Lipinski definition) is 4. The molecule has 1 aliphatic rings. The molecule has 1 saturated heterocycles. The Morgan fingerprint density at radius 3 is 2.57 bits per heavy atom. The second kappa shape index (κ2) is 6.44. The van der Waals surface area contributed by atoms with E-state index in [1.54, 1.807) is 11.3 Å². The Labute approximate surface area is 131 Å². The first-order chi connectivity index (χ1) is 9.82.